The minimum absolute atomic E-state index is 0.0895. The van der Waals surface area contributed by atoms with E-state index in [0.29, 0.717) is 26.4 Å². The Morgan fingerprint density at radius 1 is 1.24 bits per heavy atom. The predicted molar refractivity (Wildman–Crippen MR) is 93.2 cm³/mol. The van der Waals surface area contributed by atoms with Crippen LogP contribution >= 0.6 is 0 Å². The molecular weight excluding hydrogens is 322 g/mol. The summed E-state index contributed by atoms with van der Waals surface area (Å²) < 4.78 is 22.3. The van der Waals surface area contributed by atoms with Crippen LogP contribution in [0.5, 0.6) is 11.5 Å². The van der Waals surface area contributed by atoms with E-state index in [4.69, 9.17) is 18.9 Å². The first-order valence-corrected chi connectivity index (χ1v) is 9.12. The highest BCUT2D eigenvalue weighted by Gasteiger charge is 2.18. The minimum atomic E-state index is -0.467. The largest absolute Gasteiger partial charge is 0.486 e. The van der Waals surface area contributed by atoms with Gasteiger partial charge in [-0.15, -0.1) is 0 Å². The molecule has 1 amide bonds. The first kappa shape index (κ1) is 18.0. The molecule has 3 rings (SSSR count). The zero-order chi connectivity index (χ0) is 17.5. The van der Waals surface area contributed by atoms with Crippen molar-refractivity contribution in [2.75, 3.05) is 33.0 Å². The molecule has 0 radical (unpaired) electrons. The molecule has 2 atom stereocenters. The Morgan fingerprint density at radius 2 is 2.08 bits per heavy atom. The summed E-state index contributed by atoms with van der Waals surface area (Å²) in [6, 6.07) is 5.89. The molecule has 2 aliphatic rings. The molecule has 0 spiro atoms. The lowest BCUT2D eigenvalue weighted by Gasteiger charge is -2.24. The van der Waals surface area contributed by atoms with Gasteiger partial charge < -0.3 is 24.3 Å². The Kier molecular flexibility index (Phi) is 6.53. The fraction of sp³-hybridized carbons (Fsp3) is 0.632. The Balaban J connectivity index is 1.36. The van der Waals surface area contributed by atoms with Crippen LogP contribution in [0.25, 0.3) is 0 Å². The number of carbonyl (C=O) groups is 1. The molecule has 1 N–H and O–H groups in total. The standard InChI is InChI=1S/C19H27NO5/c1-14(25-13-16-4-2-3-9-22-16)19(21)20-8-7-15-5-6-17-18(12-15)24-11-10-23-17/h5-6,12,14,16H,2-4,7-11,13H2,1H3,(H,20,21)/t14-,16-/m1/s1. The van der Waals surface area contributed by atoms with Crippen molar-refractivity contribution in [3.8, 4) is 11.5 Å². The van der Waals surface area contributed by atoms with E-state index in [-0.39, 0.29) is 12.0 Å². The van der Waals surface area contributed by atoms with Crippen molar-refractivity contribution < 1.29 is 23.7 Å². The van der Waals surface area contributed by atoms with Crippen LogP contribution in [0.1, 0.15) is 31.7 Å². The lowest BCUT2D eigenvalue weighted by atomic mass is 10.1. The van der Waals surface area contributed by atoms with Gasteiger partial charge in [-0.25, -0.2) is 0 Å². The summed E-state index contributed by atoms with van der Waals surface area (Å²) in [6.45, 7) is 4.79. The van der Waals surface area contributed by atoms with E-state index >= 15 is 0 Å². The van der Waals surface area contributed by atoms with Crippen LogP contribution in [0, 0.1) is 0 Å². The number of hydrogen-bond donors (Lipinski definition) is 1. The summed E-state index contributed by atoms with van der Waals surface area (Å²) in [5, 5.41) is 2.92. The molecular formula is C19H27NO5. The number of benzene rings is 1. The number of amides is 1. The van der Waals surface area contributed by atoms with Gasteiger partial charge in [0.2, 0.25) is 5.91 Å². The third kappa shape index (κ3) is 5.34. The van der Waals surface area contributed by atoms with Crippen molar-refractivity contribution in [1.29, 1.82) is 0 Å². The van der Waals surface area contributed by atoms with E-state index in [2.05, 4.69) is 5.32 Å². The van der Waals surface area contributed by atoms with Gasteiger partial charge in [-0.1, -0.05) is 6.07 Å². The van der Waals surface area contributed by atoms with Gasteiger partial charge in [-0.3, -0.25) is 4.79 Å². The average Bonchev–Trinajstić information content (AvgIpc) is 2.66. The molecule has 6 heteroatoms. The maximum absolute atomic E-state index is 12.1. The van der Waals surface area contributed by atoms with Gasteiger partial charge in [0.05, 0.1) is 12.7 Å². The zero-order valence-corrected chi connectivity index (χ0v) is 14.8. The Morgan fingerprint density at radius 3 is 2.88 bits per heavy atom. The van der Waals surface area contributed by atoms with Crippen LogP contribution in [0.3, 0.4) is 0 Å². The number of hydrogen-bond acceptors (Lipinski definition) is 5. The van der Waals surface area contributed by atoms with Crippen molar-refractivity contribution in [1.82, 2.24) is 5.32 Å². The predicted octanol–water partition coefficient (Wildman–Crippen LogP) is 2.09. The van der Waals surface area contributed by atoms with Gasteiger partial charge >= 0.3 is 0 Å². The summed E-state index contributed by atoms with van der Waals surface area (Å²) >= 11 is 0. The Hall–Kier alpha value is -1.79. The Labute approximate surface area is 148 Å². The van der Waals surface area contributed by atoms with E-state index < -0.39 is 6.10 Å². The second-order valence-electron chi connectivity index (χ2n) is 6.48. The van der Waals surface area contributed by atoms with E-state index in [1.165, 1.54) is 6.42 Å². The maximum atomic E-state index is 12.1. The molecule has 6 nitrogen and oxygen atoms in total. The molecule has 0 unspecified atom stereocenters. The lowest BCUT2D eigenvalue weighted by Crippen LogP contribution is -2.37. The van der Waals surface area contributed by atoms with Crippen LogP contribution in [-0.4, -0.2) is 51.1 Å². The zero-order valence-electron chi connectivity index (χ0n) is 14.8. The van der Waals surface area contributed by atoms with Crippen molar-refractivity contribution in [2.45, 2.75) is 44.8 Å². The molecule has 1 aromatic carbocycles. The fourth-order valence-corrected chi connectivity index (χ4v) is 2.98. The number of ether oxygens (including phenoxy) is 4. The molecule has 2 heterocycles. The van der Waals surface area contributed by atoms with Gasteiger partial charge in [-0.2, -0.15) is 0 Å². The Bertz CT molecular complexity index is 571. The van der Waals surface area contributed by atoms with Crippen LogP contribution in [-0.2, 0) is 20.7 Å². The first-order valence-electron chi connectivity index (χ1n) is 9.12. The highest BCUT2D eigenvalue weighted by Crippen LogP contribution is 2.30. The van der Waals surface area contributed by atoms with Gasteiger partial charge in [0, 0.05) is 13.2 Å². The monoisotopic (exact) mass is 349 g/mol. The summed E-state index contributed by atoms with van der Waals surface area (Å²) in [5.74, 6) is 1.47. The number of carbonyl (C=O) groups excluding carboxylic acids is 1. The number of fused-ring (bicyclic) bond motifs is 1. The SMILES string of the molecule is C[C@@H](OC[C@H]1CCCCO1)C(=O)NCCc1ccc2c(c1)OCCO2. The molecule has 0 bridgehead atoms. The van der Waals surface area contributed by atoms with Gasteiger partial charge in [-0.05, 0) is 50.3 Å². The van der Waals surface area contributed by atoms with Crippen molar-refractivity contribution >= 4 is 5.91 Å². The fourth-order valence-electron chi connectivity index (χ4n) is 2.98. The summed E-state index contributed by atoms with van der Waals surface area (Å²) in [6.07, 6.45) is 3.70. The number of rotatable bonds is 7. The normalized spacial score (nSPS) is 20.8. The maximum Gasteiger partial charge on any atom is 0.248 e. The van der Waals surface area contributed by atoms with E-state index in [9.17, 15) is 4.79 Å². The second kappa shape index (κ2) is 9.06. The number of nitrogens with one attached hydrogen (secondary N) is 1. The van der Waals surface area contributed by atoms with Crippen molar-refractivity contribution in [3.63, 3.8) is 0 Å². The van der Waals surface area contributed by atoms with Crippen molar-refractivity contribution in [2.24, 2.45) is 0 Å². The molecule has 25 heavy (non-hydrogen) atoms. The molecule has 138 valence electrons. The van der Waals surface area contributed by atoms with E-state index in [1.54, 1.807) is 6.92 Å². The van der Waals surface area contributed by atoms with Crippen LogP contribution in [0.2, 0.25) is 0 Å². The summed E-state index contributed by atoms with van der Waals surface area (Å²) in [5.41, 5.74) is 1.11. The van der Waals surface area contributed by atoms with Crippen LogP contribution < -0.4 is 14.8 Å². The topological polar surface area (TPSA) is 66.0 Å². The smallest absolute Gasteiger partial charge is 0.248 e. The lowest BCUT2D eigenvalue weighted by molar-refractivity contribution is -0.135. The highest BCUT2D eigenvalue weighted by molar-refractivity contribution is 5.80. The third-order valence-electron chi connectivity index (χ3n) is 4.49. The molecule has 1 saturated heterocycles. The van der Waals surface area contributed by atoms with Gasteiger partial charge in [0.15, 0.2) is 11.5 Å². The average molecular weight is 349 g/mol. The highest BCUT2D eigenvalue weighted by atomic mass is 16.6. The van der Waals surface area contributed by atoms with Gasteiger partial charge in [0.25, 0.3) is 0 Å². The molecule has 1 aromatic rings. The first-order chi connectivity index (χ1) is 12.2. The van der Waals surface area contributed by atoms with E-state index in [1.807, 2.05) is 18.2 Å². The van der Waals surface area contributed by atoms with E-state index in [0.717, 1.165) is 42.9 Å². The van der Waals surface area contributed by atoms with Gasteiger partial charge in [0.1, 0.15) is 19.3 Å². The molecule has 0 saturated carbocycles. The molecule has 2 aliphatic heterocycles. The van der Waals surface area contributed by atoms with Crippen molar-refractivity contribution in [3.05, 3.63) is 23.8 Å². The van der Waals surface area contributed by atoms with Crippen LogP contribution in [0.15, 0.2) is 18.2 Å². The van der Waals surface area contributed by atoms with Crippen LogP contribution in [0.4, 0.5) is 0 Å². The quantitative estimate of drug-likeness (QED) is 0.816. The summed E-state index contributed by atoms with van der Waals surface area (Å²) in [7, 11) is 0. The molecule has 0 aliphatic carbocycles. The summed E-state index contributed by atoms with van der Waals surface area (Å²) in [4.78, 5) is 12.1. The minimum Gasteiger partial charge on any atom is -0.486 e. The third-order valence-corrected chi connectivity index (χ3v) is 4.49. The second-order valence-corrected chi connectivity index (χ2v) is 6.48. The molecule has 0 aromatic heterocycles. The molecule has 1 fully saturated rings.